The van der Waals surface area contributed by atoms with Crippen molar-refractivity contribution in [2.45, 2.75) is 33.3 Å². The molecule has 0 aliphatic carbocycles. The van der Waals surface area contributed by atoms with Crippen molar-refractivity contribution in [3.63, 3.8) is 0 Å². The van der Waals surface area contributed by atoms with Crippen LogP contribution in [-0.4, -0.2) is 11.2 Å². The molecule has 0 unspecified atom stereocenters. The van der Waals surface area contributed by atoms with Crippen molar-refractivity contribution in [1.29, 1.82) is 0 Å². The second-order valence-corrected chi connectivity index (χ2v) is 4.39. The van der Waals surface area contributed by atoms with Crippen LogP contribution >= 0.6 is 15.9 Å². The van der Waals surface area contributed by atoms with Crippen LogP contribution in [0.25, 0.3) is 0 Å². The molecule has 2 heteroatoms. The highest BCUT2D eigenvalue weighted by atomic mass is 79.9. The molecule has 0 saturated carbocycles. The first-order valence-electron chi connectivity index (χ1n) is 4.44. The molecule has 0 fully saturated rings. The summed E-state index contributed by atoms with van der Waals surface area (Å²) < 4.78 is 1.17. The van der Waals surface area contributed by atoms with Crippen molar-refractivity contribution in [3.05, 3.63) is 33.3 Å². The van der Waals surface area contributed by atoms with Gasteiger partial charge in [-0.3, -0.25) is 0 Å². The van der Waals surface area contributed by atoms with E-state index in [9.17, 15) is 5.11 Å². The number of benzene rings is 1. The minimum Gasteiger partial charge on any atom is -0.393 e. The minimum atomic E-state index is -0.264. The maximum Gasteiger partial charge on any atom is 0.0552 e. The average molecular weight is 243 g/mol. The lowest BCUT2D eigenvalue weighted by molar-refractivity contribution is 0.195. The zero-order valence-electron chi connectivity index (χ0n) is 8.26. The molecule has 0 bridgehead atoms. The smallest absolute Gasteiger partial charge is 0.0552 e. The fourth-order valence-corrected chi connectivity index (χ4v) is 1.72. The third-order valence-corrected chi connectivity index (χ3v) is 3.28. The largest absolute Gasteiger partial charge is 0.393 e. The number of halogens is 1. The molecule has 0 spiro atoms. The topological polar surface area (TPSA) is 20.2 Å². The third kappa shape index (κ3) is 2.82. The molecule has 0 amide bonds. The normalized spacial score (nSPS) is 13.0. The van der Waals surface area contributed by atoms with Crippen LogP contribution in [0.2, 0.25) is 0 Å². The van der Waals surface area contributed by atoms with Crippen LogP contribution in [0.15, 0.2) is 16.6 Å². The van der Waals surface area contributed by atoms with E-state index in [1.54, 1.807) is 0 Å². The molecule has 0 aliphatic heterocycles. The highest BCUT2D eigenvalue weighted by Gasteiger charge is 2.04. The Morgan fingerprint density at radius 2 is 1.77 bits per heavy atom. The van der Waals surface area contributed by atoms with Gasteiger partial charge in [-0.05, 0) is 43.9 Å². The molecule has 0 radical (unpaired) electrons. The van der Waals surface area contributed by atoms with E-state index in [1.165, 1.54) is 21.2 Å². The summed E-state index contributed by atoms with van der Waals surface area (Å²) in [6, 6.07) is 4.23. The molecule has 1 nitrogen and oxygen atoms in total. The quantitative estimate of drug-likeness (QED) is 0.846. The van der Waals surface area contributed by atoms with Crippen molar-refractivity contribution >= 4 is 15.9 Å². The van der Waals surface area contributed by atoms with Gasteiger partial charge in [0.15, 0.2) is 0 Å². The standard InChI is InChI=1S/C11H15BrO/c1-7-4-10(6-9(3)13)5-8(2)11(7)12/h4-5,9,13H,6H2,1-3H3/t9-/m0/s1. The van der Waals surface area contributed by atoms with Gasteiger partial charge in [0.2, 0.25) is 0 Å². The monoisotopic (exact) mass is 242 g/mol. The molecule has 1 rings (SSSR count). The third-order valence-electron chi connectivity index (χ3n) is 2.03. The SMILES string of the molecule is Cc1cc(C[C@H](C)O)cc(C)c1Br. The minimum absolute atomic E-state index is 0.264. The van der Waals surface area contributed by atoms with Crippen LogP contribution in [0, 0.1) is 13.8 Å². The summed E-state index contributed by atoms with van der Waals surface area (Å²) in [4.78, 5) is 0. The van der Waals surface area contributed by atoms with Crippen LogP contribution in [-0.2, 0) is 6.42 Å². The zero-order chi connectivity index (χ0) is 10.0. The van der Waals surface area contributed by atoms with Gasteiger partial charge in [0, 0.05) is 4.47 Å². The van der Waals surface area contributed by atoms with Crippen molar-refractivity contribution in [2.24, 2.45) is 0 Å². The van der Waals surface area contributed by atoms with Gasteiger partial charge in [-0.25, -0.2) is 0 Å². The maximum absolute atomic E-state index is 9.25. The lowest BCUT2D eigenvalue weighted by atomic mass is 10.0. The Labute approximate surface area is 87.9 Å². The summed E-state index contributed by atoms with van der Waals surface area (Å²) in [6.07, 6.45) is 0.467. The fraction of sp³-hybridized carbons (Fsp3) is 0.455. The predicted molar refractivity (Wildman–Crippen MR) is 59.0 cm³/mol. The molecule has 72 valence electrons. The number of aliphatic hydroxyl groups is 1. The van der Waals surface area contributed by atoms with Gasteiger partial charge in [-0.1, -0.05) is 28.1 Å². The van der Waals surface area contributed by atoms with Crippen molar-refractivity contribution in [3.8, 4) is 0 Å². The van der Waals surface area contributed by atoms with Crippen LogP contribution in [0.4, 0.5) is 0 Å². The van der Waals surface area contributed by atoms with Gasteiger partial charge in [0.05, 0.1) is 6.10 Å². The second-order valence-electron chi connectivity index (χ2n) is 3.60. The van der Waals surface area contributed by atoms with Gasteiger partial charge < -0.3 is 5.11 Å². The van der Waals surface area contributed by atoms with E-state index >= 15 is 0 Å². The van der Waals surface area contributed by atoms with Gasteiger partial charge in [-0.15, -0.1) is 0 Å². The Kier molecular flexibility index (Phi) is 3.51. The Balaban J connectivity index is 2.99. The molecule has 0 saturated heterocycles. The predicted octanol–water partition coefficient (Wildman–Crippen LogP) is 2.99. The van der Waals surface area contributed by atoms with E-state index in [-0.39, 0.29) is 6.10 Å². The molecule has 13 heavy (non-hydrogen) atoms. The lowest BCUT2D eigenvalue weighted by Crippen LogP contribution is -2.04. The molecular weight excluding hydrogens is 228 g/mol. The van der Waals surface area contributed by atoms with E-state index in [0.29, 0.717) is 0 Å². The maximum atomic E-state index is 9.25. The zero-order valence-corrected chi connectivity index (χ0v) is 9.85. The number of aliphatic hydroxyl groups excluding tert-OH is 1. The first-order valence-corrected chi connectivity index (χ1v) is 5.23. The number of hydrogen-bond acceptors (Lipinski definition) is 1. The van der Waals surface area contributed by atoms with Crippen LogP contribution in [0.5, 0.6) is 0 Å². The first kappa shape index (κ1) is 10.7. The Hall–Kier alpha value is -0.340. The summed E-state index contributed by atoms with van der Waals surface area (Å²) >= 11 is 3.52. The van der Waals surface area contributed by atoms with Crippen LogP contribution in [0.3, 0.4) is 0 Å². The molecule has 0 aliphatic rings. The van der Waals surface area contributed by atoms with Crippen LogP contribution < -0.4 is 0 Å². The Bertz CT molecular complexity index is 282. The second kappa shape index (κ2) is 4.25. The molecule has 0 aromatic heterocycles. The van der Waals surface area contributed by atoms with E-state index < -0.39 is 0 Å². The Morgan fingerprint density at radius 1 is 1.31 bits per heavy atom. The first-order chi connectivity index (χ1) is 6.00. The molecule has 1 aromatic carbocycles. The van der Waals surface area contributed by atoms with Gasteiger partial charge >= 0.3 is 0 Å². The molecule has 1 N–H and O–H groups in total. The fourth-order valence-electron chi connectivity index (χ4n) is 1.49. The number of aryl methyl sites for hydroxylation is 2. The summed E-state index contributed by atoms with van der Waals surface area (Å²) in [5, 5.41) is 9.25. The van der Waals surface area contributed by atoms with E-state index in [0.717, 1.165) is 6.42 Å². The molecule has 0 heterocycles. The lowest BCUT2D eigenvalue weighted by Gasteiger charge is -2.09. The summed E-state index contributed by atoms with van der Waals surface area (Å²) in [5.74, 6) is 0. The van der Waals surface area contributed by atoms with Crippen molar-refractivity contribution in [2.75, 3.05) is 0 Å². The van der Waals surface area contributed by atoms with E-state index in [2.05, 4.69) is 41.9 Å². The number of rotatable bonds is 2. The highest BCUT2D eigenvalue weighted by Crippen LogP contribution is 2.22. The van der Waals surface area contributed by atoms with E-state index in [4.69, 9.17) is 0 Å². The van der Waals surface area contributed by atoms with Gasteiger partial charge in [0.1, 0.15) is 0 Å². The number of hydrogen-bond donors (Lipinski definition) is 1. The van der Waals surface area contributed by atoms with Gasteiger partial charge in [0.25, 0.3) is 0 Å². The summed E-state index contributed by atoms with van der Waals surface area (Å²) in [6.45, 7) is 5.96. The Morgan fingerprint density at radius 3 is 2.15 bits per heavy atom. The van der Waals surface area contributed by atoms with Crippen molar-refractivity contribution in [1.82, 2.24) is 0 Å². The summed E-state index contributed by atoms with van der Waals surface area (Å²) in [7, 11) is 0. The van der Waals surface area contributed by atoms with Gasteiger partial charge in [-0.2, -0.15) is 0 Å². The van der Waals surface area contributed by atoms with E-state index in [1.807, 2.05) is 6.92 Å². The van der Waals surface area contributed by atoms with Crippen molar-refractivity contribution < 1.29 is 5.11 Å². The summed E-state index contributed by atoms with van der Waals surface area (Å²) in [5.41, 5.74) is 3.67. The molecular formula is C11H15BrO. The van der Waals surface area contributed by atoms with Crippen LogP contribution in [0.1, 0.15) is 23.6 Å². The molecule has 1 atom stereocenters. The molecule has 1 aromatic rings. The highest BCUT2D eigenvalue weighted by molar-refractivity contribution is 9.10. The average Bonchev–Trinajstić information content (AvgIpc) is 1.98.